The number of unbranched alkanes of at least 4 members (excludes halogenated alkanes) is 2. The molecule has 0 spiro atoms. The molecule has 5 heteroatoms. The molecule has 7 rings (SSSR count). The second-order valence-electron chi connectivity index (χ2n) is 10.4. The van der Waals surface area contributed by atoms with Gasteiger partial charge < -0.3 is 29.2 Å². The van der Waals surface area contributed by atoms with Gasteiger partial charge in [0.2, 0.25) is 0 Å². The summed E-state index contributed by atoms with van der Waals surface area (Å²) in [5.41, 5.74) is 9.30. The maximum Gasteiger partial charge on any atom is 3.00 e. The van der Waals surface area contributed by atoms with Crippen molar-refractivity contribution in [1.82, 2.24) is 0 Å². The van der Waals surface area contributed by atoms with Crippen molar-refractivity contribution in [1.29, 1.82) is 0 Å². The maximum atomic E-state index is 5.51. The van der Waals surface area contributed by atoms with Crippen molar-refractivity contribution in [2.24, 2.45) is 0 Å². The van der Waals surface area contributed by atoms with Gasteiger partial charge in [0.05, 0.1) is 14.3 Å². The standard InChI is InChI=1S/C21H23.C10H12OSi.2ClH.Zr/c1-3-4-5-7-17-10-12-18(13-11-17)20-9-6-8-19-14-16(2)15-21(19)20;1-6-9-7-4-5-11-8(7)10(6)12(9,2)3;;;/h6,8-15H,3-5,7H2,1-2H3;4-5,9H,1-3H3;2*1H;/q-1;;;;+3/p-2. The molecule has 0 fully saturated rings. The van der Waals surface area contributed by atoms with Crippen LogP contribution >= 0.6 is 0 Å². The molecule has 1 atom stereocenters. The van der Waals surface area contributed by atoms with E-state index in [9.17, 15) is 0 Å². The van der Waals surface area contributed by atoms with Gasteiger partial charge in [0.15, 0.2) is 0 Å². The molecule has 0 saturated heterocycles. The zero-order valence-corrected chi connectivity index (χ0v) is 26.9. The van der Waals surface area contributed by atoms with Gasteiger partial charge in [0.1, 0.15) is 5.76 Å². The zero-order chi connectivity index (χ0) is 23.2. The largest absolute Gasteiger partial charge is 3.00 e. The molecule has 3 aromatic carbocycles. The van der Waals surface area contributed by atoms with Gasteiger partial charge in [-0.25, -0.2) is 0 Å². The molecule has 1 nitrogen and oxygen atoms in total. The van der Waals surface area contributed by atoms with Crippen LogP contribution in [0.1, 0.15) is 61.1 Å². The average Bonchev–Trinajstić information content (AvgIpc) is 3.51. The summed E-state index contributed by atoms with van der Waals surface area (Å²) in [6, 6.07) is 22.4. The summed E-state index contributed by atoms with van der Waals surface area (Å²) < 4.78 is 5.51. The van der Waals surface area contributed by atoms with Crippen molar-refractivity contribution in [2.45, 2.75) is 65.1 Å². The van der Waals surface area contributed by atoms with E-state index in [-0.39, 0.29) is 51.0 Å². The Morgan fingerprint density at radius 1 is 0.944 bits per heavy atom. The number of benzene rings is 2. The van der Waals surface area contributed by atoms with Gasteiger partial charge >= 0.3 is 26.2 Å². The van der Waals surface area contributed by atoms with Crippen LogP contribution in [0.15, 0.2) is 76.9 Å². The Morgan fingerprint density at radius 2 is 1.67 bits per heavy atom. The number of aryl methyl sites for hydroxylation is 2. The Bertz CT molecular complexity index is 1330. The average molecular weight is 614 g/mol. The molecule has 1 unspecified atom stereocenters. The second kappa shape index (κ2) is 12.5. The summed E-state index contributed by atoms with van der Waals surface area (Å²) in [5.74, 6) is 1.22. The Labute approximate surface area is 249 Å². The van der Waals surface area contributed by atoms with Crippen molar-refractivity contribution < 1.29 is 55.4 Å². The minimum Gasteiger partial charge on any atom is -1.00 e. The summed E-state index contributed by atoms with van der Waals surface area (Å²) in [6.07, 6.45) is 6.94. The number of halogens is 2. The third-order valence-corrected chi connectivity index (χ3v) is 11.8. The molecule has 2 bridgehead atoms. The van der Waals surface area contributed by atoms with Crippen molar-refractivity contribution in [2.75, 3.05) is 0 Å². The number of fused-ring (bicyclic) bond motifs is 1. The van der Waals surface area contributed by atoms with Gasteiger partial charge in [0, 0.05) is 11.1 Å². The van der Waals surface area contributed by atoms with E-state index in [0.717, 1.165) is 5.54 Å². The fourth-order valence-electron chi connectivity index (χ4n) is 6.17. The fourth-order valence-corrected chi connectivity index (χ4v) is 10.4. The van der Waals surface area contributed by atoms with Crippen LogP contribution in [0.2, 0.25) is 13.1 Å². The predicted octanol–water partition coefficient (Wildman–Crippen LogP) is 3.22. The van der Waals surface area contributed by atoms with Gasteiger partial charge in [0.25, 0.3) is 0 Å². The first-order valence-corrected chi connectivity index (χ1v) is 15.5. The number of hydrogen-bond donors (Lipinski definition) is 0. The summed E-state index contributed by atoms with van der Waals surface area (Å²) in [7, 11) is -1.08. The molecule has 187 valence electrons. The Balaban J connectivity index is 0.000000261. The Kier molecular flexibility index (Phi) is 10.8. The summed E-state index contributed by atoms with van der Waals surface area (Å²) >= 11 is 0. The van der Waals surface area contributed by atoms with E-state index in [0.29, 0.717) is 0 Å². The van der Waals surface area contributed by atoms with Crippen molar-refractivity contribution in [3.8, 4) is 11.1 Å². The molecule has 0 amide bonds. The van der Waals surface area contributed by atoms with E-state index in [4.69, 9.17) is 4.42 Å². The van der Waals surface area contributed by atoms with Crippen LogP contribution in [0.5, 0.6) is 0 Å². The quantitative estimate of drug-likeness (QED) is 0.192. The van der Waals surface area contributed by atoms with Crippen molar-refractivity contribution >= 4 is 24.0 Å². The first-order chi connectivity index (χ1) is 15.9. The molecule has 0 N–H and O–H groups in total. The van der Waals surface area contributed by atoms with Crippen molar-refractivity contribution in [3.63, 3.8) is 0 Å². The molecule has 0 saturated carbocycles. The third kappa shape index (κ3) is 5.46. The van der Waals surface area contributed by atoms with Crippen LogP contribution in [0.3, 0.4) is 0 Å². The van der Waals surface area contributed by atoms with Crippen LogP contribution < -0.4 is 24.8 Å². The van der Waals surface area contributed by atoms with Gasteiger partial charge in [-0.15, -0.1) is 34.5 Å². The van der Waals surface area contributed by atoms with Gasteiger partial charge in [-0.1, -0.05) is 81.3 Å². The fraction of sp³-hybridized carbons (Fsp3) is 0.323. The summed E-state index contributed by atoms with van der Waals surface area (Å²) in [5, 5.41) is 4.30. The second-order valence-corrected chi connectivity index (χ2v) is 14.9. The molecule has 3 aliphatic rings. The van der Waals surface area contributed by atoms with E-state index >= 15 is 0 Å². The first kappa shape index (κ1) is 31.0. The summed E-state index contributed by atoms with van der Waals surface area (Å²) in [6.45, 7) is 11.6. The maximum absolute atomic E-state index is 5.51. The Hall–Kier alpha value is -1.25. The molecule has 2 aliphatic heterocycles. The molecule has 3 heterocycles. The van der Waals surface area contributed by atoms with E-state index in [2.05, 4.69) is 94.5 Å². The zero-order valence-electron chi connectivity index (χ0n) is 21.9. The third-order valence-electron chi connectivity index (χ3n) is 7.66. The van der Waals surface area contributed by atoms with Crippen LogP contribution in [0.25, 0.3) is 27.1 Å². The van der Waals surface area contributed by atoms with Gasteiger partial charge in [-0.3, -0.25) is 0 Å². The monoisotopic (exact) mass is 611 g/mol. The van der Waals surface area contributed by atoms with Crippen LogP contribution in [-0.2, 0) is 32.6 Å². The van der Waals surface area contributed by atoms with Gasteiger partial charge in [-0.2, -0.15) is 6.07 Å². The number of furan rings is 1. The van der Waals surface area contributed by atoms with Crippen LogP contribution in [0.4, 0.5) is 0 Å². The predicted molar refractivity (Wildman–Crippen MR) is 144 cm³/mol. The number of allylic oxidation sites excluding steroid dienone is 1. The number of hydrogen-bond acceptors (Lipinski definition) is 1. The van der Waals surface area contributed by atoms with E-state index in [1.54, 1.807) is 10.8 Å². The SMILES string of the molecule is CC1=C2c3occc3C1[Si]2(C)C.CCCCCc1ccc(-c2cccc3[cH-]c(C)cc23)cc1.[Cl-].[Cl-].[Zr+3]. The normalized spacial score (nSPS) is 16.1. The van der Waals surface area contributed by atoms with E-state index in [1.165, 1.54) is 70.0 Å². The molecule has 4 aromatic rings. The minimum atomic E-state index is -1.08. The van der Waals surface area contributed by atoms with Crippen LogP contribution in [-0.4, -0.2) is 8.07 Å². The smallest absolute Gasteiger partial charge is 1.00 e. The summed E-state index contributed by atoms with van der Waals surface area (Å²) in [4.78, 5) is 0. The first-order valence-electron chi connectivity index (χ1n) is 12.5. The topological polar surface area (TPSA) is 13.1 Å². The molecule has 1 radical (unpaired) electrons. The van der Waals surface area contributed by atoms with E-state index < -0.39 is 8.07 Å². The number of rotatable bonds is 5. The Morgan fingerprint density at radius 3 is 2.31 bits per heavy atom. The molecule has 36 heavy (non-hydrogen) atoms. The molecular weight excluding hydrogens is 579 g/mol. The molecular formula is C31H35Cl2OSiZr. The van der Waals surface area contributed by atoms with E-state index in [1.807, 2.05) is 6.26 Å². The molecule has 1 aromatic heterocycles. The van der Waals surface area contributed by atoms with Gasteiger partial charge in [-0.05, 0) is 42.2 Å². The van der Waals surface area contributed by atoms with Crippen molar-refractivity contribution in [3.05, 3.63) is 95.0 Å². The minimum absolute atomic E-state index is 0. The van der Waals surface area contributed by atoms with Crippen LogP contribution in [0, 0.1) is 6.92 Å². The molecule has 1 aliphatic carbocycles.